The third-order valence-corrected chi connectivity index (χ3v) is 31.7. The zero-order valence-electron chi connectivity index (χ0n) is 80.0. The van der Waals surface area contributed by atoms with Gasteiger partial charge in [-0.3, -0.25) is 0 Å². The Kier molecular flexibility index (Phi) is 22.7. The van der Waals surface area contributed by atoms with E-state index >= 15 is 0 Å². The minimum absolute atomic E-state index is 0.584. The fourth-order valence-corrected chi connectivity index (χ4v) is 25.4. The molecule has 14 heteroatoms. The highest BCUT2D eigenvalue weighted by Gasteiger charge is 2.54. The highest BCUT2D eigenvalue weighted by atomic mass is 32.2. The number of benzene rings is 20. The van der Waals surface area contributed by atoms with Gasteiger partial charge >= 0.3 is 0 Å². The number of aromatic nitrogens is 9. The van der Waals surface area contributed by atoms with Crippen molar-refractivity contribution in [3.8, 4) is 176 Å². The zero-order chi connectivity index (χ0) is 99.5. The van der Waals surface area contributed by atoms with Gasteiger partial charge in [-0.25, -0.2) is 44.9 Å². The fraction of sp³-hybridized carbons (Fsp3) is 0.0222. The molecule has 0 bridgehead atoms. The molecule has 2 aliphatic heterocycles. The van der Waals surface area contributed by atoms with Crippen molar-refractivity contribution in [1.82, 2.24) is 44.9 Å². The molecule has 28 rings (SSSR count). The van der Waals surface area contributed by atoms with Gasteiger partial charge in [-0.15, -0.1) is 0 Å². The molecular weight excluding hydrogens is 1850 g/mol. The van der Waals surface area contributed by atoms with Crippen LogP contribution in [-0.4, -0.2) is 44.9 Å². The summed E-state index contributed by atoms with van der Waals surface area (Å²) in [5, 5.41) is 29.9. The van der Waals surface area contributed by atoms with E-state index in [9.17, 15) is 15.8 Å². The first kappa shape index (κ1) is 89.7. The maximum atomic E-state index is 10.5. The molecule has 0 fully saturated rings. The van der Waals surface area contributed by atoms with Gasteiger partial charge in [0.1, 0.15) is 6.07 Å². The van der Waals surface area contributed by atoms with Crippen LogP contribution in [0.15, 0.2) is 517 Å². The summed E-state index contributed by atoms with van der Waals surface area (Å²) in [5.41, 5.74) is 34.3. The van der Waals surface area contributed by atoms with Crippen LogP contribution in [-0.2, 0) is 16.2 Å². The smallest absolute Gasteiger partial charge is 0.165 e. The second-order valence-corrected chi connectivity index (χ2v) is 39.3. The molecule has 2 spiro atoms. The molecule has 0 saturated carbocycles. The Morgan fingerprint density at radius 3 is 0.906 bits per heavy atom. The van der Waals surface area contributed by atoms with Crippen molar-refractivity contribution in [2.45, 2.75) is 35.8 Å². The Bertz CT molecular complexity index is 9170. The monoisotopic (exact) mass is 1930 g/mol. The van der Waals surface area contributed by atoms with E-state index in [1.54, 1.807) is 23.5 Å². The maximum absolute atomic E-state index is 10.5. The van der Waals surface area contributed by atoms with Crippen LogP contribution in [0.5, 0.6) is 0 Å². The highest BCUT2D eigenvalue weighted by Crippen LogP contribution is 2.67. The fourth-order valence-electron chi connectivity index (χ4n) is 22.7. The average molecular weight is 1940 g/mol. The van der Waals surface area contributed by atoms with Gasteiger partial charge in [0.2, 0.25) is 0 Å². The molecule has 694 valence electrons. The summed E-state index contributed by atoms with van der Waals surface area (Å²) in [5.74, 6) is 5.57. The molecule has 149 heavy (non-hydrogen) atoms. The van der Waals surface area contributed by atoms with E-state index in [1.807, 2.05) is 200 Å². The van der Waals surface area contributed by atoms with Crippen molar-refractivity contribution in [3.05, 3.63) is 581 Å². The number of rotatable bonds is 13. The molecule has 1 unspecified atom stereocenters. The van der Waals surface area contributed by atoms with Crippen LogP contribution >= 0.6 is 23.5 Å². The van der Waals surface area contributed by atoms with Crippen LogP contribution in [0.3, 0.4) is 0 Å². The number of nitrogens with zero attached hydrogens (tertiary/aromatic N) is 12. The zero-order valence-corrected chi connectivity index (χ0v) is 81.7. The minimum atomic E-state index is -0.645. The van der Waals surface area contributed by atoms with E-state index < -0.39 is 16.2 Å². The van der Waals surface area contributed by atoms with Crippen molar-refractivity contribution in [3.63, 3.8) is 0 Å². The Morgan fingerprint density at radius 2 is 0.456 bits per heavy atom. The lowest BCUT2D eigenvalue weighted by Crippen LogP contribution is -2.32. The van der Waals surface area contributed by atoms with Gasteiger partial charge in [-0.05, 0) is 165 Å². The van der Waals surface area contributed by atoms with Crippen LogP contribution in [0.1, 0.15) is 83.5 Å². The van der Waals surface area contributed by atoms with Crippen molar-refractivity contribution < 1.29 is 0 Å². The number of fused-ring (bicyclic) bond motifs is 21. The van der Waals surface area contributed by atoms with Gasteiger partial charge in [-0.2, -0.15) is 15.8 Å². The Hall–Kier alpha value is -19.4. The summed E-state index contributed by atoms with van der Waals surface area (Å²) in [6.45, 7) is 0. The quantitative estimate of drug-likeness (QED) is 0.106. The molecule has 0 amide bonds. The predicted octanol–water partition coefficient (Wildman–Crippen LogP) is 31.6. The first-order valence-corrected chi connectivity index (χ1v) is 51.1. The van der Waals surface area contributed by atoms with Crippen molar-refractivity contribution in [2.75, 3.05) is 0 Å². The summed E-state index contributed by atoms with van der Waals surface area (Å²) in [4.78, 5) is 50.0. The lowest BCUT2D eigenvalue weighted by atomic mass is 9.67. The SMILES string of the molecule is N#Cc1ccc(-c2cccc3c2-c2ccccc2C32c3ccccc3Sc3c(-c4nc(-c5ccccc5)nc(-c5ccccc5)n4)cccc32)cc1.N#Cc1cccc(C2(c3cccc(-c4nc(-c5ccccc5)nc(-c5ccccc5)n4)c3)c3ccccc3-c3ccccc32)c1.N#Cc1cccc2c1Sc1c(-c3nc(-c4ccccc4)nc(-c4ccc(-c5ccccc5)cc4)n3)cccc1C21c2ccccc2-c2ccccc21. The lowest BCUT2D eigenvalue weighted by molar-refractivity contribution is 0.721. The topological polar surface area (TPSA) is 187 Å². The van der Waals surface area contributed by atoms with Gasteiger partial charge in [0, 0.05) is 69.7 Å². The summed E-state index contributed by atoms with van der Waals surface area (Å²) >= 11 is 3.44. The molecule has 3 aromatic heterocycles. The molecule has 5 heterocycles. The Labute approximate surface area is 870 Å². The molecular formula is C135H82N12S2. The molecule has 20 aromatic carbocycles. The van der Waals surface area contributed by atoms with E-state index in [0.29, 0.717) is 69.1 Å². The molecule has 0 N–H and O–H groups in total. The van der Waals surface area contributed by atoms with Gasteiger partial charge in [0.15, 0.2) is 52.4 Å². The molecule has 12 nitrogen and oxygen atoms in total. The number of hydrogen-bond acceptors (Lipinski definition) is 14. The predicted molar refractivity (Wildman–Crippen MR) is 594 cm³/mol. The third-order valence-electron chi connectivity index (χ3n) is 29.2. The highest BCUT2D eigenvalue weighted by molar-refractivity contribution is 8.00. The molecule has 3 aliphatic carbocycles. The Morgan fingerprint density at radius 1 is 0.168 bits per heavy atom. The van der Waals surface area contributed by atoms with Gasteiger partial charge in [-0.1, -0.05) is 479 Å². The van der Waals surface area contributed by atoms with E-state index in [4.69, 9.17) is 44.9 Å². The van der Waals surface area contributed by atoms with Crippen molar-refractivity contribution >= 4 is 23.5 Å². The molecule has 5 aliphatic rings. The van der Waals surface area contributed by atoms with Crippen LogP contribution in [0, 0.1) is 34.0 Å². The molecule has 23 aromatic rings. The lowest BCUT2D eigenvalue weighted by Gasteiger charge is -2.40. The van der Waals surface area contributed by atoms with Crippen LogP contribution in [0.2, 0.25) is 0 Å². The summed E-state index contributed by atoms with van der Waals surface area (Å²) in [6, 6.07) is 179. The van der Waals surface area contributed by atoms with Crippen molar-refractivity contribution in [2.24, 2.45) is 0 Å². The normalized spacial score (nSPS) is 13.6. The van der Waals surface area contributed by atoms with E-state index in [2.05, 4.69) is 315 Å². The first-order chi connectivity index (χ1) is 73.7. The van der Waals surface area contributed by atoms with E-state index in [1.165, 1.54) is 82.8 Å². The number of nitriles is 3. The van der Waals surface area contributed by atoms with Gasteiger partial charge in [0.05, 0.1) is 45.1 Å². The summed E-state index contributed by atoms with van der Waals surface area (Å²) < 4.78 is 0. The standard InChI is InChI=1S/2C47H28N4S.C41H26N4/c48-29-34-17-11-23-40-42(34)52-43-37(20-12-24-41(43)47(40)38-21-9-7-18-35(38)36-19-8-10-22-39(36)47)46-50-44(32-15-5-2-6-16-32)49-45(51-46)33-27-25-31(26-28-33)30-13-3-1-4-14-30;48-29-30-25-27-31(28-26-30)34-18-11-22-39-42(34)35-17-7-8-20-37(35)47(39)38-21-9-10-24-41(38)52-43-36(19-12-23-40(43)47)46-50-44(32-13-3-1-4-14-32)49-45(51-46)33-15-5-2-6-16-33;42-27-28-13-11-19-32(25-28)41(36-23-9-7-21-34(36)35-22-8-10-24-37(35)41)33-20-12-18-31(26-33)40-44-38(29-14-3-1-4-15-29)43-39(45-40)30-16-5-2-6-17-30/h2*1-28H;1-26H. The maximum Gasteiger partial charge on any atom is 0.165 e. The summed E-state index contributed by atoms with van der Waals surface area (Å²) in [6.07, 6.45) is 0. The van der Waals surface area contributed by atoms with Crippen molar-refractivity contribution in [1.29, 1.82) is 15.8 Å². The minimum Gasteiger partial charge on any atom is -0.208 e. The van der Waals surface area contributed by atoms with Crippen LogP contribution in [0.25, 0.3) is 158 Å². The second kappa shape index (κ2) is 37.7. The van der Waals surface area contributed by atoms with E-state index in [-0.39, 0.29) is 0 Å². The van der Waals surface area contributed by atoms with Gasteiger partial charge in [0.25, 0.3) is 0 Å². The van der Waals surface area contributed by atoms with Crippen LogP contribution in [0.4, 0.5) is 0 Å². The van der Waals surface area contributed by atoms with Gasteiger partial charge < -0.3 is 0 Å². The number of hydrogen-bond donors (Lipinski definition) is 0. The second-order valence-electron chi connectivity index (χ2n) is 37.2. The Balaban J connectivity index is 0.000000113. The average Bonchev–Trinajstić information content (AvgIpc) is 1.52. The summed E-state index contributed by atoms with van der Waals surface area (Å²) in [7, 11) is 0. The first-order valence-electron chi connectivity index (χ1n) is 49.5. The molecule has 0 radical (unpaired) electrons. The molecule has 0 saturated heterocycles. The van der Waals surface area contributed by atoms with Crippen LogP contribution < -0.4 is 0 Å². The van der Waals surface area contributed by atoms with E-state index in [0.717, 1.165) is 109 Å². The third kappa shape index (κ3) is 15.2. The largest absolute Gasteiger partial charge is 0.208 e. The molecule has 1 atom stereocenters.